The van der Waals surface area contributed by atoms with Gasteiger partial charge in [-0.15, -0.1) is 13.2 Å². The minimum absolute atomic E-state index is 0.0142. The number of carbonyl (C=O) groups excluding carboxylic acids is 1. The average molecular weight is 477 g/mol. The number of benzene rings is 1. The fraction of sp³-hybridized carbons (Fsp3) is 0.591. The molecule has 4 rings (SSSR count). The lowest BCUT2D eigenvalue weighted by Gasteiger charge is -2.45. The molecule has 182 valence electrons. The average Bonchev–Trinajstić information content (AvgIpc) is 3.09. The van der Waals surface area contributed by atoms with Crippen molar-refractivity contribution in [3.05, 3.63) is 35.0 Å². The summed E-state index contributed by atoms with van der Waals surface area (Å²) in [6, 6.07) is 3.11. The summed E-state index contributed by atoms with van der Waals surface area (Å²) in [6.45, 7) is 1.86. The number of likely N-dealkylation sites (tertiary alicyclic amines) is 1. The van der Waals surface area contributed by atoms with Crippen LogP contribution >= 0.6 is 0 Å². The molecule has 1 aromatic carbocycles. The fourth-order valence-electron chi connectivity index (χ4n) is 5.47. The van der Waals surface area contributed by atoms with Crippen LogP contribution in [0.25, 0.3) is 10.9 Å². The zero-order chi connectivity index (χ0) is 24.3. The predicted octanol–water partition coefficient (Wildman–Crippen LogP) is 3.98. The van der Waals surface area contributed by atoms with Gasteiger partial charge in [0, 0.05) is 23.9 Å². The lowest BCUT2D eigenvalue weighted by atomic mass is 9.72. The van der Waals surface area contributed by atoms with Crippen molar-refractivity contribution in [3.63, 3.8) is 0 Å². The van der Waals surface area contributed by atoms with Gasteiger partial charge in [-0.3, -0.25) is 4.79 Å². The van der Waals surface area contributed by atoms with Crippen molar-refractivity contribution < 1.29 is 36.2 Å². The van der Waals surface area contributed by atoms with Gasteiger partial charge in [0.05, 0.1) is 24.1 Å². The lowest BCUT2D eigenvalue weighted by molar-refractivity contribution is -0.218. The molecule has 1 fully saturated rings. The van der Waals surface area contributed by atoms with Gasteiger partial charge in [-0.05, 0) is 43.5 Å². The molecule has 0 saturated carbocycles. The fourth-order valence-corrected chi connectivity index (χ4v) is 5.47. The molecule has 2 aromatic rings. The minimum atomic E-state index is -5.23. The van der Waals surface area contributed by atoms with Crippen LogP contribution in [0.3, 0.4) is 0 Å². The number of hydrogen-bond acceptors (Lipinski definition) is 3. The molecule has 33 heavy (non-hydrogen) atoms. The van der Waals surface area contributed by atoms with Crippen LogP contribution in [0.15, 0.2) is 18.2 Å². The Hall–Kier alpha value is -2.27. The topological polar surface area (TPSA) is 57.5 Å². The number of hydrogen-bond donors (Lipinski definition) is 2. The first-order valence-corrected chi connectivity index (χ1v) is 10.8. The van der Waals surface area contributed by atoms with Gasteiger partial charge < -0.3 is 15.3 Å². The number of nitrogens with zero attached hydrogens (tertiary/aromatic N) is 2. The van der Waals surface area contributed by atoms with Crippen LogP contribution in [0.1, 0.15) is 42.5 Å². The molecular weight excluding hydrogens is 452 g/mol. The second-order valence-corrected chi connectivity index (χ2v) is 8.92. The van der Waals surface area contributed by atoms with E-state index >= 15 is 0 Å². The third-order valence-corrected chi connectivity index (χ3v) is 6.97. The number of aromatic nitrogens is 1. The summed E-state index contributed by atoms with van der Waals surface area (Å²) in [6.07, 6.45) is -9.76. The number of alkyl halides is 6. The zero-order valence-corrected chi connectivity index (χ0v) is 18.1. The number of aliphatic hydroxyl groups excluding tert-OH is 1. The molecule has 5 nitrogen and oxygen atoms in total. The Kier molecular flexibility index (Phi) is 5.93. The van der Waals surface area contributed by atoms with E-state index in [-0.39, 0.29) is 36.4 Å². The first-order chi connectivity index (χ1) is 15.4. The van der Waals surface area contributed by atoms with E-state index in [1.807, 2.05) is 6.92 Å². The largest absolute Gasteiger partial charge is 0.489 e. The standard InChI is InChI=1S/C22H25F6N3O2/c1-3-12(10-32)29-20(33)11-7-14-13-5-4-6-16-18(13)15(8-17(14)30(2)9-11)19(21(23,24)25)31(16)22(26,27)28/h4-6,11-12,14,17,32H,3,7-10H2,1-2H3,(H,29,33). The van der Waals surface area contributed by atoms with E-state index in [1.54, 1.807) is 18.0 Å². The second kappa shape index (κ2) is 8.19. The Labute approximate surface area is 186 Å². The molecule has 1 aromatic heterocycles. The van der Waals surface area contributed by atoms with Crippen molar-refractivity contribution in [2.75, 3.05) is 20.2 Å². The summed E-state index contributed by atoms with van der Waals surface area (Å²) in [5.41, 5.74) is -2.11. The maximum absolute atomic E-state index is 13.9. The van der Waals surface area contributed by atoms with E-state index in [1.165, 1.54) is 6.07 Å². The van der Waals surface area contributed by atoms with E-state index in [4.69, 9.17) is 0 Å². The van der Waals surface area contributed by atoms with E-state index in [2.05, 4.69) is 5.32 Å². The highest BCUT2D eigenvalue weighted by Crippen LogP contribution is 2.51. The number of piperidine rings is 1. The number of rotatable bonds is 4. The van der Waals surface area contributed by atoms with Gasteiger partial charge in [0.1, 0.15) is 5.69 Å². The number of likely N-dealkylation sites (N-methyl/N-ethyl adjacent to an activating group) is 1. The first kappa shape index (κ1) is 23.9. The van der Waals surface area contributed by atoms with E-state index in [0.29, 0.717) is 18.4 Å². The van der Waals surface area contributed by atoms with Crippen molar-refractivity contribution >= 4 is 16.8 Å². The zero-order valence-electron chi connectivity index (χ0n) is 18.1. The third-order valence-electron chi connectivity index (χ3n) is 6.97. The van der Waals surface area contributed by atoms with Crippen molar-refractivity contribution in [1.82, 2.24) is 14.8 Å². The van der Waals surface area contributed by atoms with Gasteiger partial charge in [0.2, 0.25) is 5.91 Å². The van der Waals surface area contributed by atoms with Crippen LogP contribution in [0, 0.1) is 5.92 Å². The molecule has 2 aliphatic rings. The molecule has 0 spiro atoms. The van der Waals surface area contributed by atoms with E-state index < -0.39 is 52.2 Å². The van der Waals surface area contributed by atoms with Crippen molar-refractivity contribution in [2.45, 2.75) is 56.7 Å². The number of fused-ring (bicyclic) bond motifs is 2. The van der Waals surface area contributed by atoms with Crippen LogP contribution < -0.4 is 5.32 Å². The molecule has 1 amide bonds. The molecule has 2 N–H and O–H groups in total. The van der Waals surface area contributed by atoms with Crippen LogP contribution in [-0.2, 0) is 23.7 Å². The van der Waals surface area contributed by atoms with Gasteiger partial charge >= 0.3 is 12.5 Å². The summed E-state index contributed by atoms with van der Waals surface area (Å²) in [7, 11) is 1.68. The smallest absolute Gasteiger partial charge is 0.394 e. The molecule has 2 heterocycles. The third kappa shape index (κ3) is 3.99. The number of halogens is 6. The van der Waals surface area contributed by atoms with Crippen LogP contribution in [0.5, 0.6) is 0 Å². The van der Waals surface area contributed by atoms with Gasteiger partial charge in [-0.2, -0.15) is 13.2 Å². The monoisotopic (exact) mass is 477 g/mol. The van der Waals surface area contributed by atoms with E-state index in [0.717, 1.165) is 6.07 Å². The highest BCUT2D eigenvalue weighted by Gasteiger charge is 2.50. The van der Waals surface area contributed by atoms with Crippen LogP contribution in [0.4, 0.5) is 26.3 Å². The van der Waals surface area contributed by atoms with Crippen LogP contribution in [0.2, 0.25) is 0 Å². The summed E-state index contributed by atoms with van der Waals surface area (Å²) in [4.78, 5) is 14.6. The Bertz CT molecular complexity index is 1060. The molecule has 4 atom stereocenters. The highest BCUT2D eigenvalue weighted by atomic mass is 19.4. The maximum Gasteiger partial charge on any atom is 0.489 e. The SMILES string of the molecule is CCC(CO)NC(=O)C1CC2c3cccc4c3c(c(C(F)(F)F)n4C(F)(F)F)CC2N(C)C1. The van der Waals surface area contributed by atoms with Crippen molar-refractivity contribution in [2.24, 2.45) is 5.92 Å². The minimum Gasteiger partial charge on any atom is -0.394 e. The van der Waals surface area contributed by atoms with E-state index in [9.17, 15) is 36.2 Å². The van der Waals surface area contributed by atoms with Crippen molar-refractivity contribution in [3.8, 4) is 0 Å². The van der Waals surface area contributed by atoms with Gasteiger partial charge in [0.15, 0.2) is 0 Å². The molecule has 4 unspecified atom stereocenters. The number of nitrogens with one attached hydrogen (secondary N) is 1. The molecule has 0 radical (unpaired) electrons. The molecule has 0 bridgehead atoms. The van der Waals surface area contributed by atoms with Crippen molar-refractivity contribution in [1.29, 1.82) is 0 Å². The Morgan fingerprint density at radius 1 is 1.24 bits per heavy atom. The summed E-state index contributed by atoms with van der Waals surface area (Å²) in [5.74, 6) is -1.17. The van der Waals surface area contributed by atoms with Gasteiger partial charge in [-0.1, -0.05) is 19.1 Å². The Morgan fingerprint density at radius 2 is 1.94 bits per heavy atom. The lowest BCUT2D eigenvalue weighted by Crippen LogP contribution is -2.52. The normalized spacial score (nSPS) is 24.6. The first-order valence-electron chi connectivity index (χ1n) is 10.8. The van der Waals surface area contributed by atoms with Gasteiger partial charge in [0.25, 0.3) is 0 Å². The Balaban J connectivity index is 1.82. The molecule has 11 heteroatoms. The maximum atomic E-state index is 13.9. The molecular formula is C22H25F6N3O2. The molecule has 1 saturated heterocycles. The quantitative estimate of drug-likeness (QED) is 0.655. The number of amides is 1. The predicted molar refractivity (Wildman–Crippen MR) is 109 cm³/mol. The summed E-state index contributed by atoms with van der Waals surface area (Å²) < 4.78 is 82.5. The molecule has 1 aliphatic heterocycles. The highest BCUT2D eigenvalue weighted by molar-refractivity contribution is 5.91. The summed E-state index contributed by atoms with van der Waals surface area (Å²) in [5, 5.41) is 12.1. The second-order valence-electron chi connectivity index (χ2n) is 8.92. The van der Waals surface area contributed by atoms with Crippen LogP contribution in [-0.4, -0.2) is 52.8 Å². The number of carbonyl (C=O) groups is 1. The summed E-state index contributed by atoms with van der Waals surface area (Å²) >= 11 is 0. The Morgan fingerprint density at radius 3 is 2.52 bits per heavy atom. The number of aliphatic hydroxyl groups is 1. The van der Waals surface area contributed by atoms with Gasteiger partial charge in [-0.25, -0.2) is 4.57 Å². The molecule has 1 aliphatic carbocycles.